The molecule has 0 aromatic carbocycles. The van der Waals surface area contributed by atoms with Gasteiger partial charge in [0.2, 0.25) is 0 Å². The van der Waals surface area contributed by atoms with Gasteiger partial charge in [-0.15, -0.1) is 29.7 Å². The fourth-order valence-corrected chi connectivity index (χ4v) is 3.38. The molecule has 0 bridgehead atoms. The molecular weight excluding hydrogens is 266 g/mol. The molecule has 0 fully saturated rings. The van der Waals surface area contributed by atoms with Crippen LogP contribution in [0.2, 0.25) is 0 Å². The lowest BCUT2D eigenvalue weighted by molar-refractivity contribution is 0.0963. The number of thioether (sulfide) groups is 1. The predicted molar refractivity (Wildman–Crippen MR) is 81.8 cm³/mol. The minimum atomic E-state index is -0.141. The highest BCUT2D eigenvalue weighted by atomic mass is 32.2. The molecule has 1 amide bonds. The highest BCUT2D eigenvalue weighted by Crippen LogP contribution is 2.41. The SMILES string of the molecule is C=CCNC(=O)c1sc(NCCC)c(SC)c1N. The zero-order valence-electron chi connectivity index (χ0n) is 10.7. The highest BCUT2D eigenvalue weighted by Gasteiger charge is 2.19. The van der Waals surface area contributed by atoms with Crippen LogP contribution in [0.25, 0.3) is 0 Å². The summed E-state index contributed by atoms with van der Waals surface area (Å²) in [6.45, 7) is 6.99. The Morgan fingerprint density at radius 3 is 2.89 bits per heavy atom. The van der Waals surface area contributed by atoms with Crippen LogP contribution in [0.4, 0.5) is 10.7 Å². The van der Waals surface area contributed by atoms with E-state index < -0.39 is 0 Å². The van der Waals surface area contributed by atoms with Gasteiger partial charge in [-0.3, -0.25) is 4.79 Å². The van der Waals surface area contributed by atoms with E-state index in [-0.39, 0.29) is 5.91 Å². The van der Waals surface area contributed by atoms with Crippen LogP contribution < -0.4 is 16.4 Å². The van der Waals surface area contributed by atoms with Gasteiger partial charge in [0.1, 0.15) is 9.88 Å². The molecule has 4 N–H and O–H groups in total. The fourth-order valence-electron chi connectivity index (χ4n) is 1.40. The summed E-state index contributed by atoms with van der Waals surface area (Å²) in [6.07, 6.45) is 4.64. The van der Waals surface area contributed by atoms with Crippen molar-refractivity contribution in [2.75, 3.05) is 30.4 Å². The number of carbonyl (C=O) groups is 1. The summed E-state index contributed by atoms with van der Waals surface area (Å²) in [5.74, 6) is -0.141. The molecule has 0 aliphatic rings. The number of hydrogen-bond acceptors (Lipinski definition) is 5. The standard InChI is InChI=1S/C12H19N3OS2/c1-4-6-14-11(16)9-8(13)10(17-3)12(18-9)15-7-5-2/h4,15H,1,5-7,13H2,2-3H3,(H,14,16). The highest BCUT2D eigenvalue weighted by molar-refractivity contribution is 7.99. The third-order valence-corrected chi connectivity index (χ3v) is 4.38. The molecule has 0 radical (unpaired) electrons. The second-order valence-corrected chi connectivity index (χ2v) is 5.47. The topological polar surface area (TPSA) is 67.2 Å². The molecule has 0 saturated carbocycles. The normalized spacial score (nSPS) is 10.1. The number of nitrogen functional groups attached to an aromatic ring is 1. The van der Waals surface area contributed by atoms with E-state index >= 15 is 0 Å². The van der Waals surface area contributed by atoms with E-state index in [0.717, 1.165) is 22.9 Å². The molecule has 0 saturated heterocycles. The minimum Gasteiger partial charge on any atom is -0.396 e. The van der Waals surface area contributed by atoms with Crippen molar-refractivity contribution in [3.8, 4) is 0 Å². The Hall–Kier alpha value is -1.14. The van der Waals surface area contributed by atoms with Gasteiger partial charge in [-0.2, -0.15) is 0 Å². The van der Waals surface area contributed by atoms with E-state index in [4.69, 9.17) is 5.73 Å². The number of anilines is 2. The number of hydrogen-bond donors (Lipinski definition) is 3. The molecule has 1 rings (SSSR count). The Kier molecular flexibility index (Phi) is 6.07. The lowest BCUT2D eigenvalue weighted by atomic mass is 10.3. The van der Waals surface area contributed by atoms with Crippen molar-refractivity contribution in [2.24, 2.45) is 0 Å². The number of amides is 1. The predicted octanol–water partition coefficient (Wildman–Crippen LogP) is 2.79. The van der Waals surface area contributed by atoms with Gasteiger partial charge in [-0.1, -0.05) is 13.0 Å². The Bertz CT molecular complexity index is 429. The van der Waals surface area contributed by atoms with Crippen LogP contribution >= 0.6 is 23.1 Å². The van der Waals surface area contributed by atoms with Crippen molar-refractivity contribution < 1.29 is 4.79 Å². The summed E-state index contributed by atoms with van der Waals surface area (Å²) < 4.78 is 0. The molecule has 4 nitrogen and oxygen atoms in total. The van der Waals surface area contributed by atoms with Gasteiger partial charge in [-0.05, 0) is 12.7 Å². The van der Waals surface area contributed by atoms with Crippen LogP contribution in [0.5, 0.6) is 0 Å². The smallest absolute Gasteiger partial charge is 0.263 e. The average Bonchev–Trinajstić information content (AvgIpc) is 2.69. The van der Waals surface area contributed by atoms with Crippen molar-refractivity contribution in [3.05, 3.63) is 17.5 Å². The third kappa shape index (κ3) is 3.43. The molecule has 0 aliphatic carbocycles. The Morgan fingerprint density at radius 1 is 1.61 bits per heavy atom. The van der Waals surface area contributed by atoms with Crippen LogP contribution in [0, 0.1) is 0 Å². The van der Waals surface area contributed by atoms with E-state index in [1.165, 1.54) is 11.3 Å². The summed E-state index contributed by atoms with van der Waals surface area (Å²) in [7, 11) is 0. The van der Waals surface area contributed by atoms with Crippen molar-refractivity contribution in [3.63, 3.8) is 0 Å². The average molecular weight is 285 g/mol. The molecule has 0 aliphatic heterocycles. The lowest BCUT2D eigenvalue weighted by Gasteiger charge is -2.03. The van der Waals surface area contributed by atoms with Crippen molar-refractivity contribution in [2.45, 2.75) is 18.2 Å². The molecule has 18 heavy (non-hydrogen) atoms. The third-order valence-electron chi connectivity index (χ3n) is 2.25. The maximum Gasteiger partial charge on any atom is 0.263 e. The van der Waals surface area contributed by atoms with Crippen molar-refractivity contribution in [1.82, 2.24) is 5.32 Å². The van der Waals surface area contributed by atoms with Gasteiger partial charge in [0.15, 0.2) is 0 Å². The lowest BCUT2D eigenvalue weighted by Crippen LogP contribution is -2.23. The van der Waals surface area contributed by atoms with Crippen LogP contribution in [-0.4, -0.2) is 25.3 Å². The van der Waals surface area contributed by atoms with Gasteiger partial charge in [-0.25, -0.2) is 0 Å². The first-order valence-corrected chi connectivity index (χ1v) is 7.79. The Balaban J connectivity index is 2.95. The van der Waals surface area contributed by atoms with E-state index in [9.17, 15) is 4.79 Å². The van der Waals surface area contributed by atoms with Crippen LogP contribution in [0.3, 0.4) is 0 Å². The molecule has 0 unspecified atom stereocenters. The first-order valence-electron chi connectivity index (χ1n) is 5.74. The maximum absolute atomic E-state index is 11.9. The number of nitrogens with two attached hydrogens (primary N) is 1. The molecule has 1 heterocycles. The van der Waals surface area contributed by atoms with Crippen molar-refractivity contribution >= 4 is 39.7 Å². The largest absolute Gasteiger partial charge is 0.396 e. The molecule has 0 atom stereocenters. The number of carbonyl (C=O) groups excluding carboxylic acids is 1. The fraction of sp³-hybridized carbons (Fsp3) is 0.417. The molecule has 0 spiro atoms. The van der Waals surface area contributed by atoms with Gasteiger partial charge in [0.25, 0.3) is 5.91 Å². The second-order valence-electron chi connectivity index (χ2n) is 3.63. The van der Waals surface area contributed by atoms with Crippen molar-refractivity contribution in [1.29, 1.82) is 0 Å². The zero-order chi connectivity index (χ0) is 13.5. The second kappa shape index (κ2) is 7.33. The van der Waals surface area contributed by atoms with Gasteiger partial charge in [0.05, 0.1) is 10.6 Å². The Morgan fingerprint density at radius 2 is 2.33 bits per heavy atom. The summed E-state index contributed by atoms with van der Waals surface area (Å²) >= 11 is 2.96. The molecule has 100 valence electrons. The van der Waals surface area contributed by atoms with Crippen LogP contribution in [0.15, 0.2) is 17.6 Å². The molecule has 6 heteroatoms. The number of thiophene rings is 1. The van der Waals surface area contributed by atoms with E-state index in [1.54, 1.807) is 17.8 Å². The molecule has 1 aromatic heterocycles. The van der Waals surface area contributed by atoms with Crippen LogP contribution in [0.1, 0.15) is 23.0 Å². The number of rotatable bonds is 7. The molecular formula is C12H19N3OS2. The van der Waals surface area contributed by atoms with E-state index in [2.05, 4.69) is 24.1 Å². The summed E-state index contributed by atoms with van der Waals surface area (Å²) in [5.41, 5.74) is 6.58. The van der Waals surface area contributed by atoms with Gasteiger partial charge >= 0.3 is 0 Å². The Labute approximate surface area is 116 Å². The van der Waals surface area contributed by atoms with Gasteiger partial charge in [0, 0.05) is 13.1 Å². The van der Waals surface area contributed by atoms with Crippen LogP contribution in [-0.2, 0) is 0 Å². The summed E-state index contributed by atoms with van der Waals surface area (Å²) in [5, 5.41) is 7.03. The first-order chi connectivity index (χ1) is 8.65. The quantitative estimate of drug-likeness (QED) is 0.532. The maximum atomic E-state index is 11.9. The molecule has 1 aromatic rings. The number of nitrogens with one attached hydrogen (secondary N) is 2. The minimum absolute atomic E-state index is 0.141. The summed E-state index contributed by atoms with van der Waals surface area (Å²) in [4.78, 5) is 13.4. The van der Waals surface area contributed by atoms with E-state index in [1.807, 2.05) is 6.26 Å². The first kappa shape index (κ1) is 14.9. The van der Waals surface area contributed by atoms with Gasteiger partial charge < -0.3 is 16.4 Å². The van der Waals surface area contributed by atoms with E-state index in [0.29, 0.717) is 17.1 Å². The zero-order valence-corrected chi connectivity index (χ0v) is 12.3. The monoisotopic (exact) mass is 285 g/mol. The summed E-state index contributed by atoms with van der Waals surface area (Å²) in [6, 6.07) is 0.